The van der Waals surface area contributed by atoms with Crippen LogP contribution in [0.3, 0.4) is 0 Å². The first kappa shape index (κ1) is 18.1. The molecule has 0 unspecified atom stereocenters. The van der Waals surface area contributed by atoms with Crippen molar-refractivity contribution in [1.82, 2.24) is 5.43 Å². The van der Waals surface area contributed by atoms with Crippen LogP contribution < -0.4 is 10.3 Å². The zero-order chi connectivity index (χ0) is 17.5. The number of nitrogens with one attached hydrogen (secondary N) is 1. The number of thioether (sulfide) groups is 1. The van der Waals surface area contributed by atoms with Crippen molar-refractivity contribution in [3.63, 3.8) is 0 Å². The molecule has 0 aliphatic carbocycles. The van der Waals surface area contributed by atoms with Gasteiger partial charge in [0.15, 0.2) is 0 Å². The standard InChI is InChI=1S/C19H23N3OS/c1-14-5-11-18(12-6-14)24-15(2)19(23)21-20-13-16-7-9-17(10-8-16)22(3)4/h5-13,15H,1-4H3,(H,21,23)/b20-13-/t15-/m1/s1. The molecule has 2 rings (SSSR count). The fraction of sp³-hybridized carbons (Fsp3) is 0.263. The van der Waals surface area contributed by atoms with Crippen molar-refractivity contribution in [2.75, 3.05) is 19.0 Å². The lowest BCUT2D eigenvalue weighted by Crippen LogP contribution is -2.26. The maximum atomic E-state index is 12.1. The summed E-state index contributed by atoms with van der Waals surface area (Å²) in [5, 5.41) is 3.83. The van der Waals surface area contributed by atoms with Gasteiger partial charge in [-0.1, -0.05) is 29.8 Å². The van der Waals surface area contributed by atoms with Gasteiger partial charge in [0, 0.05) is 24.7 Å². The molecule has 0 aromatic heterocycles. The van der Waals surface area contributed by atoms with Crippen LogP contribution in [0.1, 0.15) is 18.1 Å². The number of carbonyl (C=O) groups is 1. The zero-order valence-electron chi connectivity index (χ0n) is 14.5. The summed E-state index contributed by atoms with van der Waals surface area (Å²) in [7, 11) is 3.99. The van der Waals surface area contributed by atoms with Gasteiger partial charge in [-0.05, 0) is 43.7 Å². The van der Waals surface area contributed by atoms with Gasteiger partial charge in [-0.2, -0.15) is 5.10 Å². The molecule has 0 saturated heterocycles. The second kappa shape index (κ2) is 8.55. The number of hydrazone groups is 1. The molecule has 0 aliphatic heterocycles. The average molecular weight is 341 g/mol. The van der Waals surface area contributed by atoms with E-state index in [0.717, 1.165) is 16.1 Å². The molecule has 1 amide bonds. The lowest BCUT2D eigenvalue weighted by molar-refractivity contribution is -0.120. The third-order valence-electron chi connectivity index (χ3n) is 3.50. The van der Waals surface area contributed by atoms with Crippen LogP contribution in [0.25, 0.3) is 0 Å². The van der Waals surface area contributed by atoms with Crippen LogP contribution in [0.5, 0.6) is 0 Å². The first-order chi connectivity index (χ1) is 11.5. The van der Waals surface area contributed by atoms with Gasteiger partial charge in [0.1, 0.15) is 0 Å². The Morgan fingerprint density at radius 3 is 2.33 bits per heavy atom. The van der Waals surface area contributed by atoms with E-state index < -0.39 is 0 Å². The second-order valence-corrected chi connectivity index (χ2v) is 7.21. The van der Waals surface area contributed by atoms with Crippen LogP contribution in [0.4, 0.5) is 5.69 Å². The molecule has 0 fully saturated rings. The summed E-state index contributed by atoms with van der Waals surface area (Å²) in [4.78, 5) is 15.2. The Balaban J connectivity index is 1.86. The van der Waals surface area contributed by atoms with Crippen molar-refractivity contribution in [2.45, 2.75) is 24.0 Å². The van der Waals surface area contributed by atoms with Gasteiger partial charge < -0.3 is 4.90 Å². The smallest absolute Gasteiger partial charge is 0.253 e. The Morgan fingerprint density at radius 1 is 1.12 bits per heavy atom. The second-order valence-electron chi connectivity index (χ2n) is 5.79. The Kier molecular flexibility index (Phi) is 6.44. The van der Waals surface area contributed by atoms with Gasteiger partial charge in [0.25, 0.3) is 5.91 Å². The van der Waals surface area contributed by atoms with E-state index in [-0.39, 0.29) is 11.2 Å². The van der Waals surface area contributed by atoms with Gasteiger partial charge in [-0.25, -0.2) is 5.43 Å². The lowest BCUT2D eigenvalue weighted by atomic mass is 10.2. The Labute approximate surface area is 148 Å². The van der Waals surface area contributed by atoms with Crippen molar-refractivity contribution in [3.05, 3.63) is 59.7 Å². The molecule has 126 valence electrons. The molecule has 1 atom stereocenters. The molecule has 0 saturated carbocycles. The molecule has 24 heavy (non-hydrogen) atoms. The predicted molar refractivity (Wildman–Crippen MR) is 103 cm³/mol. The van der Waals surface area contributed by atoms with E-state index in [1.165, 1.54) is 17.3 Å². The summed E-state index contributed by atoms with van der Waals surface area (Å²) in [6.07, 6.45) is 1.65. The Bertz CT molecular complexity index is 694. The van der Waals surface area contributed by atoms with E-state index in [1.54, 1.807) is 6.21 Å². The molecule has 0 spiro atoms. The van der Waals surface area contributed by atoms with Crippen molar-refractivity contribution in [3.8, 4) is 0 Å². The molecular weight excluding hydrogens is 318 g/mol. The van der Waals surface area contributed by atoms with E-state index in [0.29, 0.717) is 0 Å². The highest BCUT2D eigenvalue weighted by Crippen LogP contribution is 2.23. The molecule has 1 N–H and O–H groups in total. The van der Waals surface area contributed by atoms with Crippen LogP contribution in [-0.2, 0) is 4.79 Å². The van der Waals surface area contributed by atoms with Crippen molar-refractivity contribution < 1.29 is 4.79 Å². The topological polar surface area (TPSA) is 44.7 Å². The minimum absolute atomic E-state index is 0.110. The number of benzene rings is 2. The number of hydrogen-bond donors (Lipinski definition) is 1. The highest BCUT2D eigenvalue weighted by molar-refractivity contribution is 8.00. The number of amides is 1. The molecule has 0 bridgehead atoms. The number of anilines is 1. The van der Waals surface area contributed by atoms with Gasteiger partial charge in [-0.15, -0.1) is 11.8 Å². The quantitative estimate of drug-likeness (QED) is 0.495. The Morgan fingerprint density at radius 2 is 1.75 bits per heavy atom. The molecule has 2 aromatic rings. The first-order valence-electron chi connectivity index (χ1n) is 7.79. The third kappa shape index (κ3) is 5.42. The summed E-state index contributed by atoms with van der Waals surface area (Å²) in [5.41, 5.74) is 5.88. The summed E-state index contributed by atoms with van der Waals surface area (Å²) in [6, 6.07) is 16.1. The van der Waals surface area contributed by atoms with E-state index in [9.17, 15) is 4.79 Å². The van der Waals surface area contributed by atoms with Crippen LogP contribution in [-0.4, -0.2) is 31.5 Å². The lowest BCUT2D eigenvalue weighted by Gasteiger charge is -2.11. The monoisotopic (exact) mass is 341 g/mol. The van der Waals surface area contributed by atoms with Gasteiger partial charge in [0.05, 0.1) is 11.5 Å². The van der Waals surface area contributed by atoms with Gasteiger partial charge in [0.2, 0.25) is 0 Å². The maximum Gasteiger partial charge on any atom is 0.253 e. The average Bonchev–Trinajstić information content (AvgIpc) is 2.57. The largest absolute Gasteiger partial charge is 0.378 e. The van der Waals surface area contributed by atoms with E-state index in [2.05, 4.69) is 10.5 Å². The molecular formula is C19H23N3OS. The van der Waals surface area contributed by atoms with Crippen molar-refractivity contribution in [2.24, 2.45) is 5.10 Å². The number of hydrogen-bond acceptors (Lipinski definition) is 4. The summed E-state index contributed by atoms with van der Waals surface area (Å²) in [6.45, 7) is 3.92. The highest BCUT2D eigenvalue weighted by Gasteiger charge is 2.13. The normalized spacial score (nSPS) is 12.2. The molecule has 5 heteroatoms. The molecule has 0 radical (unpaired) electrons. The van der Waals surface area contributed by atoms with Crippen LogP contribution >= 0.6 is 11.8 Å². The molecule has 4 nitrogen and oxygen atoms in total. The number of rotatable bonds is 6. The van der Waals surface area contributed by atoms with E-state index in [1.807, 2.05) is 81.4 Å². The summed E-state index contributed by atoms with van der Waals surface area (Å²) >= 11 is 1.52. The summed E-state index contributed by atoms with van der Waals surface area (Å²) in [5.74, 6) is -0.110. The van der Waals surface area contributed by atoms with Crippen molar-refractivity contribution >= 4 is 29.6 Å². The predicted octanol–water partition coefficient (Wildman–Crippen LogP) is 3.69. The maximum absolute atomic E-state index is 12.1. The number of aryl methyl sites for hydroxylation is 1. The zero-order valence-corrected chi connectivity index (χ0v) is 15.3. The van der Waals surface area contributed by atoms with Crippen LogP contribution in [0.15, 0.2) is 58.5 Å². The Hall–Kier alpha value is -2.27. The first-order valence-corrected chi connectivity index (χ1v) is 8.67. The molecule has 0 heterocycles. The number of carbonyl (C=O) groups excluding carboxylic acids is 1. The van der Waals surface area contributed by atoms with Gasteiger partial charge in [-0.3, -0.25) is 4.79 Å². The summed E-state index contributed by atoms with van der Waals surface area (Å²) < 4.78 is 0. The third-order valence-corrected chi connectivity index (χ3v) is 4.61. The van der Waals surface area contributed by atoms with Crippen LogP contribution in [0, 0.1) is 6.92 Å². The fourth-order valence-electron chi connectivity index (χ4n) is 1.99. The highest BCUT2D eigenvalue weighted by atomic mass is 32.2. The SMILES string of the molecule is Cc1ccc(S[C@H](C)C(=O)N/N=C\c2ccc(N(C)C)cc2)cc1. The minimum Gasteiger partial charge on any atom is -0.378 e. The fourth-order valence-corrected chi connectivity index (χ4v) is 2.86. The van der Waals surface area contributed by atoms with E-state index in [4.69, 9.17) is 0 Å². The molecule has 0 aliphatic rings. The van der Waals surface area contributed by atoms with Crippen molar-refractivity contribution in [1.29, 1.82) is 0 Å². The molecule has 2 aromatic carbocycles. The van der Waals surface area contributed by atoms with E-state index >= 15 is 0 Å². The van der Waals surface area contributed by atoms with Gasteiger partial charge >= 0.3 is 0 Å². The minimum atomic E-state index is -0.207. The van der Waals surface area contributed by atoms with Crippen LogP contribution in [0.2, 0.25) is 0 Å². The number of nitrogens with zero attached hydrogens (tertiary/aromatic N) is 2.